The Morgan fingerprint density at radius 1 is 1.56 bits per heavy atom. The van der Waals surface area contributed by atoms with Crippen LogP contribution in [0.5, 0.6) is 0 Å². The molecule has 0 saturated heterocycles. The molecule has 9 heavy (non-hydrogen) atoms. The summed E-state index contributed by atoms with van der Waals surface area (Å²) in [6.07, 6.45) is 2.22. The molecule has 52 valence electrons. The number of allylic oxidation sites excluding steroid dienone is 3. The second-order valence-corrected chi connectivity index (χ2v) is 2.19. The fourth-order valence-electron chi connectivity index (χ4n) is 0.752. The third-order valence-corrected chi connectivity index (χ3v) is 1.30. The van der Waals surface area contributed by atoms with Crippen molar-refractivity contribution >= 4 is 0 Å². The standard InChI is InChI=1S/C7H10.C2H6/c1-5(2)7-4-6(7)3;1-2/h4,6H,1H2,2-3H3;1-2H3. The predicted octanol–water partition coefficient (Wildman–Crippen LogP) is 3.16. The van der Waals surface area contributed by atoms with Crippen molar-refractivity contribution in [3.05, 3.63) is 23.8 Å². The maximum atomic E-state index is 3.80. The van der Waals surface area contributed by atoms with Crippen LogP contribution in [0.25, 0.3) is 0 Å². The molecule has 1 atom stereocenters. The van der Waals surface area contributed by atoms with Crippen molar-refractivity contribution in [1.82, 2.24) is 0 Å². The van der Waals surface area contributed by atoms with E-state index in [9.17, 15) is 0 Å². The van der Waals surface area contributed by atoms with Crippen molar-refractivity contribution in [3.8, 4) is 0 Å². The molecule has 0 saturated carbocycles. The van der Waals surface area contributed by atoms with E-state index in [1.54, 1.807) is 0 Å². The van der Waals surface area contributed by atoms with Crippen LogP contribution >= 0.6 is 0 Å². The Balaban J connectivity index is 0.000000291. The van der Waals surface area contributed by atoms with E-state index < -0.39 is 0 Å². The molecule has 0 radical (unpaired) electrons. The Kier molecular flexibility index (Phi) is 3.29. The van der Waals surface area contributed by atoms with Crippen LogP contribution in [-0.2, 0) is 0 Å². The van der Waals surface area contributed by atoms with Gasteiger partial charge in [-0.25, -0.2) is 0 Å². The summed E-state index contributed by atoms with van der Waals surface area (Å²) in [4.78, 5) is 0. The number of hydrogen-bond acceptors (Lipinski definition) is 0. The van der Waals surface area contributed by atoms with E-state index in [1.165, 1.54) is 11.1 Å². The molecule has 0 aromatic carbocycles. The molecule has 0 fully saturated rings. The third kappa shape index (κ3) is 2.50. The topological polar surface area (TPSA) is 0 Å². The SMILES string of the molecule is C=C(C)C1=CC1C.CC. The minimum absolute atomic E-state index is 0.734. The maximum Gasteiger partial charge on any atom is -0.000484 e. The molecular weight excluding hydrogens is 108 g/mol. The molecule has 0 nitrogen and oxygen atoms in total. The lowest BCUT2D eigenvalue weighted by Gasteiger charge is -1.85. The summed E-state index contributed by atoms with van der Waals surface area (Å²) < 4.78 is 0. The maximum absolute atomic E-state index is 3.80. The van der Waals surface area contributed by atoms with Gasteiger partial charge < -0.3 is 0 Å². The molecule has 1 rings (SSSR count). The van der Waals surface area contributed by atoms with Crippen molar-refractivity contribution in [1.29, 1.82) is 0 Å². The van der Waals surface area contributed by atoms with Gasteiger partial charge in [-0.1, -0.05) is 39.0 Å². The molecule has 0 aromatic rings. The molecule has 0 heteroatoms. The highest BCUT2D eigenvalue weighted by Gasteiger charge is 2.18. The van der Waals surface area contributed by atoms with Gasteiger partial charge in [0, 0.05) is 0 Å². The highest BCUT2D eigenvalue weighted by molar-refractivity contribution is 5.43. The molecule has 1 aliphatic carbocycles. The third-order valence-electron chi connectivity index (χ3n) is 1.30. The normalized spacial score (nSPS) is 21.3. The minimum Gasteiger partial charge on any atom is -0.0958 e. The van der Waals surface area contributed by atoms with Gasteiger partial charge in [-0.15, -0.1) is 0 Å². The van der Waals surface area contributed by atoms with Gasteiger partial charge in [-0.3, -0.25) is 0 Å². The molecule has 0 bridgehead atoms. The number of hydrogen-bond donors (Lipinski definition) is 0. The van der Waals surface area contributed by atoms with E-state index in [0.717, 1.165) is 5.92 Å². The Labute approximate surface area is 58.3 Å². The zero-order chi connectivity index (χ0) is 7.44. The van der Waals surface area contributed by atoms with E-state index in [2.05, 4.69) is 26.5 Å². The van der Waals surface area contributed by atoms with Crippen LogP contribution in [0.2, 0.25) is 0 Å². The van der Waals surface area contributed by atoms with Crippen LogP contribution in [0.1, 0.15) is 27.7 Å². The van der Waals surface area contributed by atoms with Crippen LogP contribution < -0.4 is 0 Å². The van der Waals surface area contributed by atoms with Crippen LogP contribution in [0.3, 0.4) is 0 Å². The monoisotopic (exact) mass is 124 g/mol. The van der Waals surface area contributed by atoms with Gasteiger partial charge in [-0.2, -0.15) is 0 Å². The lowest BCUT2D eigenvalue weighted by molar-refractivity contribution is 1.04. The summed E-state index contributed by atoms with van der Waals surface area (Å²) in [6, 6.07) is 0. The molecule has 0 aliphatic heterocycles. The van der Waals surface area contributed by atoms with Crippen molar-refractivity contribution in [2.45, 2.75) is 27.7 Å². The van der Waals surface area contributed by atoms with Gasteiger partial charge in [0.1, 0.15) is 0 Å². The Morgan fingerprint density at radius 3 is 1.89 bits per heavy atom. The second-order valence-electron chi connectivity index (χ2n) is 2.19. The van der Waals surface area contributed by atoms with Crippen LogP contribution in [0.4, 0.5) is 0 Å². The first kappa shape index (κ1) is 8.48. The first-order valence-electron chi connectivity index (χ1n) is 3.59. The van der Waals surface area contributed by atoms with Crippen molar-refractivity contribution in [2.75, 3.05) is 0 Å². The quantitative estimate of drug-likeness (QED) is 0.503. The Hall–Kier alpha value is -0.520. The summed E-state index contributed by atoms with van der Waals surface area (Å²) in [5, 5.41) is 0. The predicted molar refractivity (Wildman–Crippen MR) is 43.4 cm³/mol. The van der Waals surface area contributed by atoms with E-state index in [4.69, 9.17) is 0 Å². The molecule has 0 heterocycles. The Morgan fingerprint density at radius 2 is 1.89 bits per heavy atom. The highest BCUT2D eigenvalue weighted by Crippen LogP contribution is 2.32. The molecular formula is C9H16. The van der Waals surface area contributed by atoms with Crippen molar-refractivity contribution in [2.24, 2.45) is 5.92 Å². The van der Waals surface area contributed by atoms with Gasteiger partial charge >= 0.3 is 0 Å². The van der Waals surface area contributed by atoms with E-state index >= 15 is 0 Å². The average Bonchev–Trinajstić information content (AvgIpc) is 2.52. The molecule has 0 spiro atoms. The largest absolute Gasteiger partial charge is 0.0958 e. The van der Waals surface area contributed by atoms with Gasteiger partial charge in [0.15, 0.2) is 0 Å². The Bertz CT molecular complexity index is 129. The zero-order valence-electron chi connectivity index (χ0n) is 6.86. The second kappa shape index (κ2) is 3.49. The minimum atomic E-state index is 0.734. The van der Waals surface area contributed by atoms with Gasteiger partial charge in [-0.05, 0) is 18.4 Å². The molecule has 0 amide bonds. The highest BCUT2D eigenvalue weighted by atomic mass is 14.2. The van der Waals surface area contributed by atoms with E-state index in [0.29, 0.717) is 0 Å². The van der Waals surface area contributed by atoms with Crippen LogP contribution in [0.15, 0.2) is 23.8 Å². The average molecular weight is 124 g/mol. The van der Waals surface area contributed by atoms with Crippen molar-refractivity contribution in [3.63, 3.8) is 0 Å². The van der Waals surface area contributed by atoms with Crippen LogP contribution in [0, 0.1) is 5.92 Å². The van der Waals surface area contributed by atoms with Crippen LogP contribution in [-0.4, -0.2) is 0 Å². The molecule has 1 unspecified atom stereocenters. The lowest BCUT2D eigenvalue weighted by atomic mass is 10.2. The van der Waals surface area contributed by atoms with E-state index in [1.807, 2.05) is 13.8 Å². The summed E-state index contributed by atoms with van der Waals surface area (Å²) in [5.74, 6) is 0.734. The smallest absolute Gasteiger partial charge is 0.000484 e. The van der Waals surface area contributed by atoms with E-state index in [-0.39, 0.29) is 0 Å². The van der Waals surface area contributed by atoms with Gasteiger partial charge in [0.25, 0.3) is 0 Å². The van der Waals surface area contributed by atoms with Gasteiger partial charge in [0.2, 0.25) is 0 Å². The summed E-state index contributed by atoms with van der Waals surface area (Å²) in [7, 11) is 0. The fraction of sp³-hybridized carbons (Fsp3) is 0.556. The summed E-state index contributed by atoms with van der Waals surface area (Å²) >= 11 is 0. The molecule has 0 N–H and O–H groups in total. The summed E-state index contributed by atoms with van der Waals surface area (Å²) in [5.41, 5.74) is 2.67. The van der Waals surface area contributed by atoms with Gasteiger partial charge in [0.05, 0.1) is 0 Å². The van der Waals surface area contributed by atoms with Crippen molar-refractivity contribution < 1.29 is 0 Å². The molecule has 0 aromatic heterocycles. The first-order chi connectivity index (χ1) is 4.22. The first-order valence-corrected chi connectivity index (χ1v) is 3.59. The lowest BCUT2D eigenvalue weighted by Crippen LogP contribution is -1.70. The fourth-order valence-corrected chi connectivity index (χ4v) is 0.752. The molecule has 1 aliphatic rings. The summed E-state index contributed by atoms with van der Waals surface area (Å²) in [6.45, 7) is 12.0. The zero-order valence-corrected chi connectivity index (χ0v) is 6.86. The number of rotatable bonds is 1.